The van der Waals surface area contributed by atoms with E-state index in [1.54, 1.807) is 23.8 Å². The molecule has 0 saturated carbocycles. The van der Waals surface area contributed by atoms with Gasteiger partial charge in [-0.2, -0.15) is 0 Å². The van der Waals surface area contributed by atoms with Crippen molar-refractivity contribution in [2.24, 2.45) is 0 Å². The molecule has 1 heterocycles. The maximum atomic E-state index is 12.6. The van der Waals surface area contributed by atoms with Crippen LogP contribution in [0.4, 0.5) is 4.39 Å². The van der Waals surface area contributed by atoms with E-state index in [0.29, 0.717) is 6.42 Å². The molecule has 0 aliphatic heterocycles. The van der Waals surface area contributed by atoms with Crippen molar-refractivity contribution in [2.45, 2.75) is 12.5 Å². The topological polar surface area (TPSA) is 33.1 Å². The van der Waals surface area contributed by atoms with Crippen molar-refractivity contribution in [1.29, 1.82) is 0 Å². The first-order chi connectivity index (χ1) is 7.25. The third kappa shape index (κ3) is 2.61. The molecule has 0 fully saturated rings. The first-order valence-corrected chi connectivity index (χ1v) is 5.44. The molecule has 2 rings (SSSR count). The molecule has 0 spiro atoms. The molecule has 1 aromatic heterocycles. The lowest BCUT2D eigenvalue weighted by atomic mass is 10.1. The smallest absolute Gasteiger partial charge is 0.123 e. The van der Waals surface area contributed by atoms with Crippen LogP contribution in [0.25, 0.3) is 0 Å². The van der Waals surface area contributed by atoms with Crippen LogP contribution in [0.1, 0.15) is 16.5 Å². The number of aliphatic hydroxyl groups excluding tert-OH is 1. The minimum absolute atomic E-state index is 0.258. The van der Waals surface area contributed by atoms with E-state index in [1.165, 1.54) is 23.5 Å². The van der Waals surface area contributed by atoms with Gasteiger partial charge in [0.25, 0.3) is 0 Å². The van der Waals surface area contributed by atoms with E-state index in [9.17, 15) is 9.50 Å². The van der Waals surface area contributed by atoms with Gasteiger partial charge in [-0.25, -0.2) is 4.39 Å². The highest BCUT2D eigenvalue weighted by molar-refractivity contribution is 7.09. The Morgan fingerprint density at radius 1 is 1.33 bits per heavy atom. The summed E-state index contributed by atoms with van der Waals surface area (Å²) in [6.07, 6.45) is 1.59. The monoisotopic (exact) mass is 223 g/mol. The van der Waals surface area contributed by atoms with E-state index in [-0.39, 0.29) is 5.82 Å². The van der Waals surface area contributed by atoms with Crippen LogP contribution in [-0.2, 0) is 6.42 Å². The number of hydrogen-bond donors (Lipinski definition) is 1. The highest BCUT2D eigenvalue weighted by atomic mass is 32.1. The Morgan fingerprint density at radius 2 is 2.07 bits per heavy atom. The van der Waals surface area contributed by atoms with Crippen LogP contribution in [0.5, 0.6) is 0 Å². The van der Waals surface area contributed by atoms with Gasteiger partial charge in [0.15, 0.2) is 0 Å². The lowest BCUT2D eigenvalue weighted by molar-refractivity contribution is 0.182. The predicted octanol–water partition coefficient (Wildman–Crippen LogP) is 2.56. The quantitative estimate of drug-likeness (QED) is 0.867. The molecular formula is C11H10FNOS. The van der Waals surface area contributed by atoms with Gasteiger partial charge in [0.2, 0.25) is 0 Å². The molecule has 2 aromatic rings. The van der Waals surface area contributed by atoms with Gasteiger partial charge in [-0.3, -0.25) is 4.98 Å². The summed E-state index contributed by atoms with van der Waals surface area (Å²) >= 11 is 1.42. The second-order valence-electron chi connectivity index (χ2n) is 3.25. The molecule has 0 aliphatic carbocycles. The van der Waals surface area contributed by atoms with Crippen LogP contribution in [0.15, 0.2) is 36.0 Å². The zero-order valence-corrected chi connectivity index (χ0v) is 8.75. The van der Waals surface area contributed by atoms with Crippen LogP contribution in [0.2, 0.25) is 0 Å². The molecule has 2 nitrogen and oxygen atoms in total. The fraction of sp³-hybridized carbons (Fsp3) is 0.182. The average Bonchev–Trinajstić information content (AvgIpc) is 2.74. The molecule has 78 valence electrons. The third-order valence-electron chi connectivity index (χ3n) is 2.12. The number of aliphatic hydroxyl groups is 1. The average molecular weight is 223 g/mol. The summed E-state index contributed by atoms with van der Waals surface area (Å²) < 4.78 is 12.6. The van der Waals surface area contributed by atoms with Crippen LogP contribution < -0.4 is 0 Å². The molecule has 15 heavy (non-hydrogen) atoms. The maximum Gasteiger partial charge on any atom is 0.123 e. The number of thiazole rings is 1. The normalized spacial score (nSPS) is 12.7. The zero-order chi connectivity index (χ0) is 10.7. The number of aromatic nitrogens is 1. The lowest BCUT2D eigenvalue weighted by Gasteiger charge is -2.07. The maximum absolute atomic E-state index is 12.6. The summed E-state index contributed by atoms with van der Waals surface area (Å²) in [7, 11) is 0. The Balaban J connectivity index is 2.06. The first kappa shape index (κ1) is 10.3. The van der Waals surface area contributed by atoms with Crippen molar-refractivity contribution in [3.63, 3.8) is 0 Å². The van der Waals surface area contributed by atoms with Crippen molar-refractivity contribution < 1.29 is 9.50 Å². The van der Waals surface area contributed by atoms with E-state index >= 15 is 0 Å². The SMILES string of the molecule is OC(Cc1ccc(F)cc1)c1cncs1. The molecule has 0 radical (unpaired) electrons. The van der Waals surface area contributed by atoms with Crippen molar-refractivity contribution in [1.82, 2.24) is 4.98 Å². The molecule has 1 N–H and O–H groups in total. The summed E-state index contributed by atoms with van der Waals surface area (Å²) in [5, 5.41) is 9.81. The number of benzene rings is 1. The Labute approximate surface area is 91.0 Å². The Morgan fingerprint density at radius 3 is 2.67 bits per heavy atom. The van der Waals surface area contributed by atoms with Crippen LogP contribution in [0.3, 0.4) is 0 Å². The summed E-state index contributed by atoms with van der Waals surface area (Å²) in [5.41, 5.74) is 2.60. The van der Waals surface area contributed by atoms with Gasteiger partial charge in [-0.1, -0.05) is 12.1 Å². The Hall–Kier alpha value is -1.26. The first-order valence-electron chi connectivity index (χ1n) is 4.56. The predicted molar refractivity (Wildman–Crippen MR) is 57.2 cm³/mol. The fourth-order valence-electron chi connectivity index (χ4n) is 1.33. The molecule has 1 unspecified atom stereocenters. The van der Waals surface area contributed by atoms with E-state index in [0.717, 1.165) is 10.4 Å². The van der Waals surface area contributed by atoms with Crippen LogP contribution in [0, 0.1) is 5.82 Å². The molecule has 4 heteroatoms. The summed E-state index contributed by atoms with van der Waals surface area (Å²) in [4.78, 5) is 4.73. The molecule has 0 bridgehead atoms. The Kier molecular flexibility index (Phi) is 3.08. The van der Waals surface area contributed by atoms with E-state index in [2.05, 4.69) is 4.98 Å². The van der Waals surface area contributed by atoms with Gasteiger partial charge in [-0.15, -0.1) is 11.3 Å². The zero-order valence-electron chi connectivity index (χ0n) is 7.93. The summed E-state index contributed by atoms with van der Waals surface area (Å²) in [5.74, 6) is -0.258. The summed E-state index contributed by atoms with van der Waals surface area (Å²) in [6, 6.07) is 6.16. The van der Waals surface area contributed by atoms with E-state index in [1.807, 2.05) is 0 Å². The van der Waals surface area contributed by atoms with Gasteiger partial charge >= 0.3 is 0 Å². The summed E-state index contributed by atoms with van der Waals surface area (Å²) in [6.45, 7) is 0. The molecule has 1 atom stereocenters. The number of nitrogens with zero attached hydrogens (tertiary/aromatic N) is 1. The van der Waals surface area contributed by atoms with Crippen molar-refractivity contribution in [3.05, 3.63) is 52.2 Å². The van der Waals surface area contributed by atoms with Gasteiger partial charge in [-0.05, 0) is 17.7 Å². The highest BCUT2D eigenvalue weighted by Crippen LogP contribution is 2.21. The highest BCUT2D eigenvalue weighted by Gasteiger charge is 2.09. The molecule has 0 saturated heterocycles. The minimum Gasteiger partial charge on any atom is -0.387 e. The third-order valence-corrected chi connectivity index (χ3v) is 3.00. The largest absolute Gasteiger partial charge is 0.387 e. The second-order valence-corrected chi connectivity index (χ2v) is 4.17. The van der Waals surface area contributed by atoms with Crippen LogP contribution >= 0.6 is 11.3 Å². The van der Waals surface area contributed by atoms with Gasteiger partial charge in [0, 0.05) is 12.6 Å². The van der Waals surface area contributed by atoms with Gasteiger partial charge in [0.1, 0.15) is 5.82 Å². The van der Waals surface area contributed by atoms with E-state index < -0.39 is 6.10 Å². The molecule has 0 amide bonds. The Bertz CT molecular complexity index is 413. The fourth-order valence-corrected chi connectivity index (χ4v) is 1.94. The van der Waals surface area contributed by atoms with Gasteiger partial charge < -0.3 is 5.11 Å². The lowest BCUT2D eigenvalue weighted by Crippen LogP contribution is -1.99. The van der Waals surface area contributed by atoms with Crippen molar-refractivity contribution in [2.75, 3.05) is 0 Å². The molecule has 1 aromatic carbocycles. The molecular weight excluding hydrogens is 213 g/mol. The van der Waals surface area contributed by atoms with Crippen molar-refractivity contribution >= 4 is 11.3 Å². The van der Waals surface area contributed by atoms with Gasteiger partial charge in [0.05, 0.1) is 16.5 Å². The van der Waals surface area contributed by atoms with Crippen molar-refractivity contribution in [3.8, 4) is 0 Å². The number of halogens is 1. The number of rotatable bonds is 3. The van der Waals surface area contributed by atoms with E-state index in [4.69, 9.17) is 0 Å². The number of hydrogen-bond acceptors (Lipinski definition) is 3. The second kappa shape index (κ2) is 4.51. The molecule has 0 aliphatic rings. The minimum atomic E-state index is -0.553. The van der Waals surface area contributed by atoms with Crippen LogP contribution in [-0.4, -0.2) is 10.1 Å². The standard InChI is InChI=1S/C11H10FNOS/c12-9-3-1-8(2-4-9)5-10(14)11-6-13-7-15-11/h1-4,6-7,10,14H,5H2.